The molecule has 2 rings (SSSR count). The summed E-state index contributed by atoms with van der Waals surface area (Å²) in [5.74, 6) is 2.08. The molecule has 2 atom stereocenters. The third-order valence-electron chi connectivity index (χ3n) is 2.70. The third-order valence-corrected chi connectivity index (χ3v) is 7.03. The van der Waals surface area contributed by atoms with Gasteiger partial charge in [0.2, 0.25) is 0 Å². The molecule has 1 saturated heterocycles. The highest BCUT2D eigenvalue weighted by atomic mass is 32.2. The van der Waals surface area contributed by atoms with E-state index in [2.05, 4.69) is 11.9 Å². The first-order valence-electron chi connectivity index (χ1n) is 6.12. The largest absolute Gasteiger partial charge is 0.461 e. The molecule has 0 radical (unpaired) electrons. The average Bonchev–Trinajstić information content (AvgIpc) is 2.88. The van der Waals surface area contributed by atoms with Crippen LogP contribution in [-0.4, -0.2) is 34.3 Å². The first-order valence-corrected chi connectivity index (χ1v) is 9.09. The van der Waals surface area contributed by atoms with Gasteiger partial charge >= 0.3 is 5.97 Å². The fourth-order valence-corrected chi connectivity index (χ4v) is 6.08. The average molecular weight is 303 g/mol. The molecule has 100 valence electrons. The van der Waals surface area contributed by atoms with E-state index >= 15 is 0 Å². The molecule has 1 aromatic rings. The van der Waals surface area contributed by atoms with Gasteiger partial charge < -0.3 is 4.74 Å². The standard InChI is InChI=1S/C12H17NO2S3/c1-3-9-10(17-6-5-16-9)11-13-8(7-18-11)12(14)15-4-2/h7,9-10H,3-6H2,1-2H3. The number of esters is 1. The Bertz CT molecular complexity index is 408. The molecule has 0 N–H and O–H groups in total. The molecule has 0 saturated carbocycles. The number of hydrogen-bond donors (Lipinski definition) is 0. The monoisotopic (exact) mass is 303 g/mol. The van der Waals surface area contributed by atoms with E-state index in [0.717, 1.165) is 11.4 Å². The van der Waals surface area contributed by atoms with Crippen molar-refractivity contribution < 1.29 is 9.53 Å². The van der Waals surface area contributed by atoms with Gasteiger partial charge in [-0.2, -0.15) is 11.8 Å². The number of aromatic nitrogens is 1. The number of thioether (sulfide) groups is 2. The minimum Gasteiger partial charge on any atom is -0.461 e. The van der Waals surface area contributed by atoms with E-state index in [1.165, 1.54) is 11.5 Å². The minimum atomic E-state index is -0.304. The van der Waals surface area contributed by atoms with Crippen molar-refractivity contribution in [3.05, 3.63) is 16.1 Å². The highest BCUT2D eigenvalue weighted by Gasteiger charge is 2.29. The van der Waals surface area contributed by atoms with Crippen molar-refractivity contribution in [2.45, 2.75) is 30.8 Å². The van der Waals surface area contributed by atoms with Crippen LogP contribution in [0.3, 0.4) is 0 Å². The van der Waals surface area contributed by atoms with Crippen molar-refractivity contribution in [3.8, 4) is 0 Å². The van der Waals surface area contributed by atoms with E-state index in [0.29, 0.717) is 22.8 Å². The second kappa shape index (κ2) is 6.82. The maximum atomic E-state index is 11.6. The van der Waals surface area contributed by atoms with E-state index in [9.17, 15) is 4.79 Å². The highest BCUT2D eigenvalue weighted by Crippen LogP contribution is 2.44. The van der Waals surface area contributed by atoms with E-state index < -0.39 is 0 Å². The van der Waals surface area contributed by atoms with Crippen LogP contribution < -0.4 is 0 Å². The topological polar surface area (TPSA) is 39.2 Å². The molecule has 1 aromatic heterocycles. The molecule has 0 bridgehead atoms. The lowest BCUT2D eigenvalue weighted by atomic mass is 10.2. The number of nitrogens with zero attached hydrogens (tertiary/aromatic N) is 1. The minimum absolute atomic E-state index is 0.304. The zero-order chi connectivity index (χ0) is 13.0. The van der Waals surface area contributed by atoms with Crippen LogP contribution >= 0.6 is 34.9 Å². The number of hydrogen-bond acceptors (Lipinski definition) is 6. The zero-order valence-electron chi connectivity index (χ0n) is 10.5. The van der Waals surface area contributed by atoms with Gasteiger partial charge in [0.15, 0.2) is 5.69 Å². The molecule has 2 unspecified atom stereocenters. The molecule has 6 heteroatoms. The molecule has 2 heterocycles. The van der Waals surface area contributed by atoms with Crippen molar-refractivity contribution in [1.82, 2.24) is 4.98 Å². The number of thiazole rings is 1. The Labute approximate surface area is 120 Å². The van der Waals surface area contributed by atoms with Gasteiger partial charge in [0.05, 0.1) is 11.9 Å². The van der Waals surface area contributed by atoms with Crippen LogP contribution in [0, 0.1) is 0 Å². The SMILES string of the molecule is CCOC(=O)c1csc(C2SCCSC2CC)n1. The lowest BCUT2D eigenvalue weighted by Gasteiger charge is -2.28. The quantitative estimate of drug-likeness (QED) is 0.794. The molecule has 0 spiro atoms. The van der Waals surface area contributed by atoms with Gasteiger partial charge in [0.25, 0.3) is 0 Å². The molecule has 1 aliphatic rings. The maximum Gasteiger partial charge on any atom is 0.357 e. The van der Waals surface area contributed by atoms with E-state index in [-0.39, 0.29) is 5.97 Å². The van der Waals surface area contributed by atoms with Gasteiger partial charge in [-0.15, -0.1) is 23.1 Å². The Morgan fingerprint density at radius 3 is 2.94 bits per heavy atom. The molecule has 1 aliphatic heterocycles. The van der Waals surface area contributed by atoms with Crippen LogP contribution in [0.25, 0.3) is 0 Å². The summed E-state index contributed by atoms with van der Waals surface area (Å²) in [6.45, 7) is 4.43. The van der Waals surface area contributed by atoms with Crippen LogP contribution in [-0.2, 0) is 4.74 Å². The smallest absolute Gasteiger partial charge is 0.357 e. The summed E-state index contributed by atoms with van der Waals surface area (Å²) in [7, 11) is 0. The molecule has 0 aliphatic carbocycles. The predicted molar refractivity (Wildman–Crippen MR) is 79.8 cm³/mol. The second-order valence-corrected chi connectivity index (χ2v) is 7.39. The number of ether oxygens (including phenoxy) is 1. The predicted octanol–water partition coefficient (Wildman–Crippen LogP) is 3.62. The molecule has 3 nitrogen and oxygen atoms in total. The van der Waals surface area contributed by atoms with Gasteiger partial charge in [-0.05, 0) is 13.3 Å². The van der Waals surface area contributed by atoms with Gasteiger partial charge in [0.1, 0.15) is 5.01 Å². The first-order chi connectivity index (χ1) is 8.76. The van der Waals surface area contributed by atoms with Crippen molar-refractivity contribution in [1.29, 1.82) is 0 Å². The number of rotatable bonds is 4. The number of carbonyl (C=O) groups excluding carboxylic acids is 1. The Morgan fingerprint density at radius 2 is 2.22 bits per heavy atom. The Balaban J connectivity index is 2.10. The third kappa shape index (κ3) is 3.22. The molecule has 1 fully saturated rings. The highest BCUT2D eigenvalue weighted by molar-refractivity contribution is 8.06. The van der Waals surface area contributed by atoms with Crippen LogP contribution in [0.1, 0.15) is 41.0 Å². The van der Waals surface area contributed by atoms with Gasteiger partial charge in [0, 0.05) is 22.1 Å². The fraction of sp³-hybridized carbons (Fsp3) is 0.667. The summed E-state index contributed by atoms with van der Waals surface area (Å²) in [5.41, 5.74) is 0.461. The molecule has 18 heavy (non-hydrogen) atoms. The van der Waals surface area contributed by atoms with Crippen LogP contribution in [0.15, 0.2) is 5.38 Å². The summed E-state index contributed by atoms with van der Waals surface area (Å²) >= 11 is 5.57. The summed E-state index contributed by atoms with van der Waals surface area (Å²) < 4.78 is 4.97. The van der Waals surface area contributed by atoms with E-state index in [1.807, 2.05) is 35.8 Å². The Hall–Kier alpha value is -0.200. The Kier molecular flexibility index (Phi) is 5.38. The van der Waals surface area contributed by atoms with Crippen LogP contribution in [0.5, 0.6) is 0 Å². The Morgan fingerprint density at radius 1 is 1.44 bits per heavy atom. The summed E-state index contributed by atoms with van der Waals surface area (Å²) in [5, 5.41) is 3.94. The zero-order valence-corrected chi connectivity index (χ0v) is 13.0. The normalized spacial score (nSPS) is 23.9. The summed E-state index contributed by atoms with van der Waals surface area (Å²) in [6.07, 6.45) is 1.15. The van der Waals surface area contributed by atoms with Crippen molar-refractivity contribution in [2.24, 2.45) is 0 Å². The lowest BCUT2D eigenvalue weighted by Crippen LogP contribution is -2.18. The van der Waals surface area contributed by atoms with Gasteiger partial charge in [-0.3, -0.25) is 0 Å². The van der Waals surface area contributed by atoms with Gasteiger partial charge in [-0.1, -0.05) is 6.92 Å². The molecular weight excluding hydrogens is 286 g/mol. The fourth-order valence-electron chi connectivity index (χ4n) is 1.85. The van der Waals surface area contributed by atoms with Crippen molar-refractivity contribution >= 4 is 40.8 Å². The van der Waals surface area contributed by atoms with Crippen molar-refractivity contribution in [2.75, 3.05) is 18.1 Å². The summed E-state index contributed by atoms with van der Waals surface area (Å²) in [6, 6.07) is 0. The molecule has 0 amide bonds. The van der Waals surface area contributed by atoms with E-state index in [1.54, 1.807) is 11.3 Å². The number of carbonyl (C=O) groups is 1. The first kappa shape index (κ1) is 14.2. The molecule has 0 aromatic carbocycles. The van der Waals surface area contributed by atoms with E-state index in [4.69, 9.17) is 4.74 Å². The van der Waals surface area contributed by atoms with Crippen LogP contribution in [0.2, 0.25) is 0 Å². The van der Waals surface area contributed by atoms with Gasteiger partial charge in [-0.25, -0.2) is 9.78 Å². The second-order valence-electron chi connectivity index (χ2n) is 3.90. The summed E-state index contributed by atoms with van der Waals surface area (Å²) in [4.78, 5) is 16.1. The van der Waals surface area contributed by atoms with Crippen LogP contribution in [0.4, 0.5) is 0 Å². The molecular formula is C12H17NO2S3. The lowest BCUT2D eigenvalue weighted by molar-refractivity contribution is 0.0520. The maximum absolute atomic E-state index is 11.6. The van der Waals surface area contributed by atoms with Crippen molar-refractivity contribution in [3.63, 3.8) is 0 Å².